The molecule has 0 aliphatic heterocycles. The van der Waals surface area contributed by atoms with Crippen LogP contribution in [0.4, 0.5) is 0 Å². The molecule has 128 valence electrons. The Kier molecular flexibility index (Phi) is 7.93. The molecular formula is C18H27NO4. The van der Waals surface area contributed by atoms with Crippen molar-refractivity contribution in [3.05, 3.63) is 30.0 Å². The van der Waals surface area contributed by atoms with Crippen LogP contribution in [0.1, 0.15) is 18.9 Å². The second-order valence-corrected chi connectivity index (χ2v) is 5.34. The van der Waals surface area contributed by atoms with E-state index in [0.717, 1.165) is 24.1 Å². The number of H-pyrrole nitrogens is 1. The summed E-state index contributed by atoms with van der Waals surface area (Å²) >= 11 is 0. The summed E-state index contributed by atoms with van der Waals surface area (Å²) in [4.78, 5) is 3.30. The predicted molar refractivity (Wildman–Crippen MR) is 91.3 cm³/mol. The molecule has 0 radical (unpaired) electrons. The number of aromatic nitrogens is 1. The van der Waals surface area contributed by atoms with Gasteiger partial charge >= 0.3 is 0 Å². The van der Waals surface area contributed by atoms with Gasteiger partial charge < -0.3 is 23.9 Å². The Hall–Kier alpha value is -1.56. The SMILES string of the molecule is CCCc1c[nH]c2ccc(OCCOCCOCCOC)cc12. The first-order chi connectivity index (χ1) is 11.3. The second kappa shape index (κ2) is 10.3. The van der Waals surface area contributed by atoms with Gasteiger partial charge in [-0.2, -0.15) is 0 Å². The highest BCUT2D eigenvalue weighted by molar-refractivity contribution is 5.84. The van der Waals surface area contributed by atoms with Crippen LogP contribution >= 0.6 is 0 Å². The molecule has 5 nitrogen and oxygen atoms in total. The number of benzene rings is 1. The molecule has 1 heterocycles. The maximum atomic E-state index is 5.76. The van der Waals surface area contributed by atoms with Crippen LogP contribution in [0.25, 0.3) is 10.9 Å². The van der Waals surface area contributed by atoms with Crippen LogP contribution in [-0.4, -0.2) is 51.7 Å². The van der Waals surface area contributed by atoms with Gasteiger partial charge in [0.15, 0.2) is 0 Å². The summed E-state index contributed by atoms with van der Waals surface area (Å²) in [6.07, 6.45) is 4.30. The van der Waals surface area contributed by atoms with Gasteiger partial charge in [0.2, 0.25) is 0 Å². The highest BCUT2D eigenvalue weighted by atomic mass is 16.6. The second-order valence-electron chi connectivity index (χ2n) is 5.34. The average molecular weight is 321 g/mol. The van der Waals surface area contributed by atoms with Crippen LogP contribution in [0, 0.1) is 0 Å². The minimum absolute atomic E-state index is 0.539. The van der Waals surface area contributed by atoms with Crippen LogP contribution < -0.4 is 4.74 Å². The maximum Gasteiger partial charge on any atom is 0.120 e. The van der Waals surface area contributed by atoms with E-state index in [0.29, 0.717) is 39.6 Å². The third-order valence-corrected chi connectivity index (χ3v) is 3.56. The number of aromatic amines is 1. The van der Waals surface area contributed by atoms with Gasteiger partial charge in [-0.05, 0) is 30.2 Å². The summed E-state index contributed by atoms with van der Waals surface area (Å²) in [6.45, 7) is 5.66. The topological polar surface area (TPSA) is 52.7 Å². The lowest BCUT2D eigenvalue weighted by molar-refractivity contribution is 0.0180. The van der Waals surface area contributed by atoms with Crippen molar-refractivity contribution in [2.24, 2.45) is 0 Å². The Labute approximate surface area is 137 Å². The third-order valence-electron chi connectivity index (χ3n) is 3.56. The highest BCUT2D eigenvalue weighted by Crippen LogP contribution is 2.24. The number of rotatable bonds is 12. The van der Waals surface area contributed by atoms with Gasteiger partial charge in [0.25, 0.3) is 0 Å². The molecule has 0 spiro atoms. The number of ether oxygens (including phenoxy) is 4. The molecule has 0 saturated carbocycles. The standard InChI is InChI=1S/C18H27NO4/c1-3-4-15-14-19-18-6-5-16(13-17(15)18)23-12-11-22-10-9-21-8-7-20-2/h5-6,13-14,19H,3-4,7-12H2,1-2H3. The molecular weight excluding hydrogens is 294 g/mol. The van der Waals surface area contributed by atoms with E-state index in [1.54, 1.807) is 7.11 Å². The molecule has 0 aliphatic rings. The van der Waals surface area contributed by atoms with E-state index in [-0.39, 0.29) is 0 Å². The Balaban J connectivity index is 1.67. The van der Waals surface area contributed by atoms with E-state index < -0.39 is 0 Å². The quantitative estimate of drug-likeness (QED) is 0.610. The molecule has 1 aromatic heterocycles. The molecule has 2 rings (SSSR count). The fraction of sp³-hybridized carbons (Fsp3) is 0.556. The number of nitrogens with one attached hydrogen (secondary N) is 1. The molecule has 0 atom stereocenters. The molecule has 5 heteroatoms. The van der Waals surface area contributed by atoms with E-state index in [1.165, 1.54) is 10.9 Å². The third kappa shape index (κ3) is 5.86. The fourth-order valence-electron chi connectivity index (χ4n) is 2.41. The van der Waals surface area contributed by atoms with E-state index in [1.807, 2.05) is 6.07 Å². The molecule has 0 bridgehead atoms. The van der Waals surface area contributed by atoms with Crippen LogP contribution in [0.15, 0.2) is 24.4 Å². The van der Waals surface area contributed by atoms with Crippen molar-refractivity contribution >= 4 is 10.9 Å². The summed E-state index contributed by atoms with van der Waals surface area (Å²) in [5, 5.41) is 1.25. The Morgan fingerprint density at radius 2 is 1.70 bits per heavy atom. The van der Waals surface area contributed by atoms with E-state index in [2.05, 4.69) is 30.2 Å². The molecule has 0 saturated heterocycles. The molecule has 1 N–H and O–H groups in total. The Morgan fingerprint density at radius 3 is 2.43 bits per heavy atom. The van der Waals surface area contributed by atoms with Gasteiger partial charge in [-0.15, -0.1) is 0 Å². The first-order valence-corrected chi connectivity index (χ1v) is 8.22. The zero-order chi connectivity index (χ0) is 16.3. The predicted octanol–water partition coefficient (Wildman–Crippen LogP) is 3.18. The van der Waals surface area contributed by atoms with Gasteiger partial charge in [-0.3, -0.25) is 0 Å². The number of methoxy groups -OCH3 is 1. The normalized spacial score (nSPS) is 11.2. The molecule has 23 heavy (non-hydrogen) atoms. The Morgan fingerprint density at radius 1 is 0.957 bits per heavy atom. The minimum Gasteiger partial charge on any atom is -0.491 e. The van der Waals surface area contributed by atoms with Gasteiger partial charge in [0.1, 0.15) is 12.4 Å². The summed E-state index contributed by atoms with van der Waals surface area (Å²) in [5.41, 5.74) is 2.50. The van der Waals surface area contributed by atoms with Crippen molar-refractivity contribution in [3.8, 4) is 5.75 Å². The smallest absolute Gasteiger partial charge is 0.120 e. The van der Waals surface area contributed by atoms with E-state index in [9.17, 15) is 0 Å². The van der Waals surface area contributed by atoms with E-state index >= 15 is 0 Å². The number of hydrogen-bond acceptors (Lipinski definition) is 4. The van der Waals surface area contributed by atoms with Gasteiger partial charge in [-0.25, -0.2) is 0 Å². The summed E-state index contributed by atoms with van der Waals surface area (Å²) in [7, 11) is 1.66. The largest absolute Gasteiger partial charge is 0.491 e. The molecule has 1 aromatic carbocycles. The molecule has 0 fully saturated rings. The van der Waals surface area contributed by atoms with Crippen molar-refractivity contribution in [1.82, 2.24) is 4.98 Å². The first-order valence-electron chi connectivity index (χ1n) is 8.22. The lowest BCUT2D eigenvalue weighted by Crippen LogP contribution is -2.12. The zero-order valence-corrected chi connectivity index (χ0v) is 14.1. The maximum absolute atomic E-state index is 5.76. The monoisotopic (exact) mass is 321 g/mol. The number of aryl methyl sites for hydroxylation is 1. The van der Waals surface area contributed by atoms with Gasteiger partial charge in [0, 0.05) is 24.2 Å². The lowest BCUT2D eigenvalue weighted by atomic mass is 10.1. The summed E-state index contributed by atoms with van der Waals surface area (Å²) in [6, 6.07) is 6.15. The Bertz CT molecular complexity index is 567. The van der Waals surface area contributed by atoms with Crippen LogP contribution in [0.3, 0.4) is 0 Å². The van der Waals surface area contributed by atoms with Crippen LogP contribution in [0.5, 0.6) is 5.75 Å². The van der Waals surface area contributed by atoms with Gasteiger partial charge in [-0.1, -0.05) is 13.3 Å². The van der Waals surface area contributed by atoms with E-state index in [4.69, 9.17) is 18.9 Å². The van der Waals surface area contributed by atoms with Gasteiger partial charge in [0.05, 0.1) is 33.0 Å². The number of hydrogen-bond donors (Lipinski definition) is 1. The fourth-order valence-corrected chi connectivity index (χ4v) is 2.41. The summed E-state index contributed by atoms with van der Waals surface area (Å²) in [5.74, 6) is 0.884. The molecule has 0 unspecified atom stereocenters. The average Bonchev–Trinajstić information content (AvgIpc) is 2.96. The van der Waals surface area contributed by atoms with Crippen LogP contribution in [-0.2, 0) is 20.6 Å². The highest BCUT2D eigenvalue weighted by Gasteiger charge is 2.04. The lowest BCUT2D eigenvalue weighted by Gasteiger charge is -2.08. The molecule has 0 aliphatic carbocycles. The number of fused-ring (bicyclic) bond motifs is 1. The van der Waals surface area contributed by atoms with Crippen molar-refractivity contribution in [3.63, 3.8) is 0 Å². The summed E-state index contributed by atoms with van der Waals surface area (Å²) < 4.78 is 21.5. The van der Waals surface area contributed by atoms with Crippen molar-refractivity contribution in [2.75, 3.05) is 46.8 Å². The van der Waals surface area contributed by atoms with Crippen molar-refractivity contribution in [1.29, 1.82) is 0 Å². The molecule has 2 aromatic rings. The molecule has 0 amide bonds. The zero-order valence-electron chi connectivity index (χ0n) is 14.1. The minimum atomic E-state index is 0.539. The van der Waals surface area contributed by atoms with Crippen LogP contribution in [0.2, 0.25) is 0 Å². The van der Waals surface area contributed by atoms with Crippen molar-refractivity contribution in [2.45, 2.75) is 19.8 Å². The first kappa shape index (κ1) is 17.8. The van der Waals surface area contributed by atoms with Crippen molar-refractivity contribution < 1.29 is 18.9 Å².